The Morgan fingerprint density at radius 2 is 0.721 bits per heavy atom. The minimum atomic E-state index is -0.225. The largest absolute Gasteiger partial charge is 0.437 e. The summed E-state index contributed by atoms with van der Waals surface area (Å²) < 4.78 is 43.4. The van der Waals surface area contributed by atoms with Gasteiger partial charge in [0.05, 0.1) is 50.7 Å². The van der Waals surface area contributed by atoms with Gasteiger partial charge in [-0.05, 0) is 222 Å². The molecule has 4 amide bonds. The van der Waals surface area contributed by atoms with Crippen LogP contribution in [0, 0.1) is 41.5 Å². The Hall–Kier alpha value is -17.1. The van der Waals surface area contributed by atoms with Gasteiger partial charge < -0.3 is 77.8 Å². The first-order valence-corrected chi connectivity index (χ1v) is 43.8. The molecular formula is C102H96N24O10. The predicted molar refractivity (Wildman–Crippen MR) is 519 cm³/mol. The van der Waals surface area contributed by atoms with Crippen molar-refractivity contribution in [3.05, 3.63) is 312 Å². The number of imidazole rings is 4. The van der Waals surface area contributed by atoms with Gasteiger partial charge in [-0.3, -0.25) is 29.1 Å². The number of carbonyl (C=O) groups excluding carboxylic acids is 4. The van der Waals surface area contributed by atoms with Crippen LogP contribution in [-0.4, -0.2) is 163 Å². The first-order chi connectivity index (χ1) is 65.9. The topological polar surface area (TPSA) is 378 Å². The number of hydrogen-bond donors (Lipinski definition) is 4. The van der Waals surface area contributed by atoms with E-state index in [2.05, 4.69) is 90.9 Å². The van der Waals surface area contributed by atoms with E-state index in [0.717, 1.165) is 67.3 Å². The SMILES string of the molecule is Cc1cccc(NC(=O)c2ccc(C)c(Oc3nc(-c4cccnc4)nc4c3ncn4C)c2)c1.Cc1cccc(NC(=O)c2ccc(C)c(Oc3nc(-c4ccncc4)nc4c3ncn4C)c2)c1.Cc1cccc(NC(=O)c2cccc(Oc3nc(N4CC(C)OC(C)C4)nc4c3ncn4C)c2)c1.Cc1cccc(NC(=O)c2cccc(Oc3nc(N4CCOCC4)nc4c3ncn4C)c2)c1. The van der Waals surface area contributed by atoms with Crippen LogP contribution in [0.15, 0.2) is 256 Å². The van der Waals surface area contributed by atoms with Crippen molar-refractivity contribution in [3.8, 4) is 69.3 Å². The van der Waals surface area contributed by atoms with Crippen molar-refractivity contribution in [2.24, 2.45) is 28.2 Å². The van der Waals surface area contributed by atoms with Crippen molar-refractivity contribution in [2.75, 3.05) is 70.5 Å². The lowest BCUT2D eigenvalue weighted by Crippen LogP contribution is -2.46. The van der Waals surface area contributed by atoms with E-state index in [1.165, 1.54) is 0 Å². The Morgan fingerprint density at radius 3 is 1.11 bits per heavy atom. The van der Waals surface area contributed by atoms with E-state index in [-0.39, 0.29) is 35.8 Å². The molecule has 0 bridgehead atoms. The molecule has 18 aromatic rings. The molecule has 0 saturated carbocycles. The second kappa shape index (κ2) is 40.7. The van der Waals surface area contributed by atoms with Crippen molar-refractivity contribution in [3.63, 3.8) is 0 Å². The molecule has 684 valence electrons. The van der Waals surface area contributed by atoms with Gasteiger partial charge in [0.15, 0.2) is 56.3 Å². The highest BCUT2D eigenvalue weighted by atomic mass is 16.5. The van der Waals surface area contributed by atoms with Crippen molar-refractivity contribution >= 4 is 103 Å². The van der Waals surface area contributed by atoms with Gasteiger partial charge in [0.2, 0.25) is 11.9 Å². The molecule has 2 fully saturated rings. The molecule has 34 heteroatoms. The normalized spacial score (nSPS) is 13.4. The number of benzene rings is 8. The summed E-state index contributed by atoms with van der Waals surface area (Å²) in [5, 5.41) is 11.7. The number of hydrogen-bond acceptors (Lipinski definition) is 26. The lowest BCUT2D eigenvalue weighted by atomic mass is 10.1. The molecule has 4 N–H and O–H groups in total. The lowest BCUT2D eigenvalue weighted by molar-refractivity contribution is -0.00574. The van der Waals surface area contributed by atoms with E-state index in [1.807, 2.05) is 235 Å². The second-order valence-corrected chi connectivity index (χ2v) is 32.9. The Morgan fingerprint density at radius 1 is 0.353 bits per heavy atom. The van der Waals surface area contributed by atoms with Crippen LogP contribution in [0.2, 0.25) is 0 Å². The van der Waals surface area contributed by atoms with Crippen molar-refractivity contribution in [2.45, 2.75) is 67.6 Å². The van der Waals surface area contributed by atoms with Gasteiger partial charge in [-0.2, -0.15) is 29.9 Å². The molecule has 0 spiro atoms. The number of aryl methyl sites for hydroxylation is 10. The van der Waals surface area contributed by atoms with Crippen LogP contribution in [0.4, 0.5) is 34.6 Å². The molecule has 2 saturated heterocycles. The summed E-state index contributed by atoms with van der Waals surface area (Å²) in [6, 6.07) is 62.7. The fourth-order valence-corrected chi connectivity index (χ4v) is 15.1. The van der Waals surface area contributed by atoms with Crippen LogP contribution in [-0.2, 0) is 37.7 Å². The molecule has 2 aliphatic rings. The number of ether oxygens (including phenoxy) is 6. The number of nitrogens with one attached hydrogen (secondary N) is 4. The van der Waals surface area contributed by atoms with Crippen molar-refractivity contribution < 1.29 is 47.6 Å². The lowest BCUT2D eigenvalue weighted by Gasteiger charge is -2.35. The number of morpholine rings is 2. The standard InChI is InChI=1S/C26H28N6O3.2C26H22N6O2.C24H24N6O3/c1-16-7-5-9-20(11-16)28-24(33)19-8-6-10-21(12-19)35-25-22-23(31(4)15-27-22)29-26(30-25)32-13-17(2)34-18(3)14-32;1-16-6-4-8-20(12-16)29-25(33)18-10-9-17(2)21(13-18)34-26-22-24(32(3)15-28-22)30-23(31-26)19-7-5-11-27-14-19;1-16-5-4-6-20(13-16)29-25(33)19-8-7-17(2)21(14-19)34-26-22-24(32(3)15-28-22)30-23(31-26)18-9-11-27-12-10-18;1-16-5-3-7-18(13-16)26-22(31)17-6-4-8-19(14-17)33-23-20-21(29(2)15-25-20)27-24(28-23)30-9-11-32-12-10-30/h5-12,15,17-18H,13-14H2,1-4H3,(H,28,33);2*4-15H,1-3H3,(H,29,33);3-8,13-15H,9-12H2,1-2H3,(H,26,31). The maximum atomic E-state index is 12.9. The monoisotopic (exact) mass is 1820 g/mol. The third-order valence-electron chi connectivity index (χ3n) is 22.0. The maximum absolute atomic E-state index is 12.9. The molecule has 20 rings (SSSR count). The molecule has 34 nitrogen and oxygen atoms in total. The summed E-state index contributed by atoms with van der Waals surface area (Å²) in [6.07, 6.45) is 13.6. The quantitative estimate of drug-likeness (QED) is 0.0550. The van der Waals surface area contributed by atoms with Crippen LogP contribution in [0.5, 0.6) is 46.5 Å². The van der Waals surface area contributed by atoms with Crippen molar-refractivity contribution in [1.82, 2.24) is 88.0 Å². The van der Waals surface area contributed by atoms with Gasteiger partial charge in [-0.1, -0.05) is 72.8 Å². The maximum Gasteiger partial charge on any atom is 0.255 e. The highest BCUT2D eigenvalue weighted by molar-refractivity contribution is 6.07. The third-order valence-corrected chi connectivity index (χ3v) is 22.0. The van der Waals surface area contributed by atoms with Crippen LogP contribution in [0.25, 0.3) is 67.4 Å². The molecule has 12 heterocycles. The zero-order valence-corrected chi connectivity index (χ0v) is 76.7. The summed E-state index contributed by atoms with van der Waals surface area (Å²) in [5.74, 6) is 4.54. The zero-order chi connectivity index (χ0) is 94.6. The summed E-state index contributed by atoms with van der Waals surface area (Å²) in [5.41, 5.74) is 17.2. The average molecular weight is 1820 g/mol. The number of pyridine rings is 2. The fraction of sp³-hybridized carbons (Fsp3) is 0.196. The number of nitrogens with zero attached hydrogens (tertiary/aromatic N) is 20. The number of anilines is 6. The summed E-state index contributed by atoms with van der Waals surface area (Å²) in [4.78, 5) is 119. The van der Waals surface area contributed by atoms with Crippen LogP contribution in [0.1, 0.15) is 88.7 Å². The van der Waals surface area contributed by atoms with Crippen LogP contribution >= 0.6 is 0 Å². The first kappa shape index (κ1) is 90.8. The van der Waals surface area contributed by atoms with Crippen LogP contribution in [0.3, 0.4) is 0 Å². The number of rotatable bonds is 20. The summed E-state index contributed by atoms with van der Waals surface area (Å²) in [7, 11) is 7.49. The molecule has 2 atom stereocenters. The molecule has 0 aliphatic carbocycles. The van der Waals surface area contributed by atoms with Gasteiger partial charge in [0.1, 0.15) is 23.0 Å². The number of aromatic nitrogens is 18. The smallest absolute Gasteiger partial charge is 0.255 e. The molecule has 2 unspecified atom stereocenters. The Bertz CT molecular complexity index is 7230. The summed E-state index contributed by atoms with van der Waals surface area (Å²) in [6.45, 7) is 19.9. The summed E-state index contributed by atoms with van der Waals surface area (Å²) >= 11 is 0. The molecule has 2 aliphatic heterocycles. The van der Waals surface area contributed by atoms with E-state index in [1.54, 1.807) is 123 Å². The molecule has 8 aromatic carbocycles. The van der Waals surface area contributed by atoms with E-state index in [9.17, 15) is 19.2 Å². The van der Waals surface area contributed by atoms with Crippen LogP contribution < -0.4 is 50.0 Å². The van der Waals surface area contributed by atoms with Gasteiger partial charge in [-0.15, -0.1) is 0 Å². The van der Waals surface area contributed by atoms with Gasteiger partial charge in [0, 0.05) is 135 Å². The van der Waals surface area contributed by atoms with E-state index in [4.69, 9.17) is 38.4 Å². The average Bonchev–Trinajstić information content (AvgIpc) is 1.48. The highest BCUT2D eigenvalue weighted by Gasteiger charge is 2.29. The number of amides is 4. The van der Waals surface area contributed by atoms with Gasteiger partial charge in [-0.25, -0.2) is 29.9 Å². The Kier molecular flexibility index (Phi) is 27.2. The minimum Gasteiger partial charge on any atom is -0.437 e. The van der Waals surface area contributed by atoms with E-state index in [0.29, 0.717) is 176 Å². The highest BCUT2D eigenvalue weighted by Crippen LogP contribution is 2.37. The van der Waals surface area contributed by atoms with Gasteiger partial charge >= 0.3 is 0 Å². The van der Waals surface area contributed by atoms with Crippen molar-refractivity contribution in [1.29, 1.82) is 0 Å². The number of carbonyl (C=O) groups is 4. The van der Waals surface area contributed by atoms with E-state index >= 15 is 0 Å². The van der Waals surface area contributed by atoms with E-state index < -0.39 is 0 Å². The Labute approximate surface area is 781 Å². The van der Waals surface area contributed by atoms with Gasteiger partial charge in [0.25, 0.3) is 47.1 Å². The molecule has 136 heavy (non-hydrogen) atoms. The molecule has 0 radical (unpaired) electrons. The predicted octanol–water partition coefficient (Wildman–Crippen LogP) is 18.1. The number of fused-ring (bicyclic) bond motifs is 4. The zero-order valence-electron chi connectivity index (χ0n) is 76.7. The fourth-order valence-electron chi connectivity index (χ4n) is 15.1. The minimum absolute atomic E-state index is 0.0672. The second-order valence-electron chi connectivity index (χ2n) is 32.9. The molecular weight excluding hydrogens is 1720 g/mol. The Balaban J connectivity index is 0.000000126. The molecule has 10 aromatic heterocycles. The third kappa shape index (κ3) is 21.7. The first-order valence-electron chi connectivity index (χ1n) is 43.8.